The summed E-state index contributed by atoms with van der Waals surface area (Å²) in [6.45, 7) is 0.777. The Labute approximate surface area is 113 Å². The minimum absolute atomic E-state index is 0.00145. The number of rotatable bonds is 3. The van der Waals surface area contributed by atoms with Crippen LogP contribution in [-0.2, 0) is 4.74 Å². The van der Waals surface area contributed by atoms with Crippen molar-refractivity contribution in [1.82, 2.24) is 14.9 Å². The molecule has 0 unspecified atom stereocenters. The Morgan fingerprint density at radius 3 is 3.33 bits per heavy atom. The van der Waals surface area contributed by atoms with Crippen LogP contribution in [0.5, 0.6) is 0 Å². The zero-order chi connectivity index (χ0) is 12.4. The monoisotopic (exact) mass is 280 g/mol. The van der Waals surface area contributed by atoms with Crippen LogP contribution in [0.4, 0.5) is 0 Å². The van der Waals surface area contributed by atoms with Crippen LogP contribution < -0.4 is 0 Å². The van der Waals surface area contributed by atoms with Crippen LogP contribution in [0.3, 0.4) is 0 Å². The second kappa shape index (κ2) is 5.13. The third kappa shape index (κ3) is 2.29. The standard InChI is InChI=1S/C11H12N4OS2/c17-11-14-13-10(9-4-1-5-16-9)15(11)12-7-8-3-2-6-18-8/h2-3,6-7,9H,1,4-5H2,(H,14,17)/b12-7-/t9-/m1/s1. The highest BCUT2D eigenvalue weighted by molar-refractivity contribution is 7.71. The van der Waals surface area contributed by atoms with Crippen molar-refractivity contribution in [2.45, 2.75) is 18.9 Å². The number of hydrogen-bond donors (Lipinski definition) is 1. The minimum Gasteiger partial charge on any atom is -0.370 e. The van der Waals surface area contributed by atoms with Crippen LogP contribution in [0.2, 0.25) is 0 Å². The van der Waals surface area contributed by atoms with Gasteiger partial charge in [0.2, 0.25) is 4.77 Å². The van der Waals surface area contributed by atoms with Gasteiger partial charge in [-0.15, -0.1) is 11.3 Å². The molecular weight excluding hydrogens is 268 g/mol. The fourth-order valence-corrected chi connectivity index (χ4v) is 2.65. The number of aromatic nitrogens is 3. The molecule has 1 fully saturated rings. The predicted molar refractivity (Wildman–Crippen MR) is 72.6 cm³/mol. The maximum absolute atomic E-state index is 5.61. The Kier molecular flexibility index (Phi) is 3.35. The number of nitrogens with one attached hydrogen (secondary N) is 1. The molecule has 7 heteroatoms. The number of aromatic amines is 1. The van der Waals surface area contributed by atoms with Crippen LogP contribution in [0.25, 0.3) is 0 Å². The average molecular weight is 280 g/mol. The highest BCUT2D eigenvalue weighted by atomic mass is 32.1. The Morgan fingerprint density at radius 1 is 1.67 bits per heavy atom. The number of H-pyrrole nitrogens is 1. The van der Waals surface area contributed by atoms with E-state index in [4.69, 9.17) is 17.0 Å². The summed E-state index contributed by atoms with van der Waals surface area (Å²) in [6, 6.07) is 3.99. The topological polar surface area (TPSA) is 55.2 Å². The van der Waals surface area contributed by atoms with Gasteiger partial charge in [-0.2, -0.15) is 14.9 Å². The lowest BCUT2D eigenvalue weighted by atomic mass is 10.2. The molecule has 5 nitrogen and oxygen atoms in total. The van der Waals surface area contributed by atoms with E-state index in [1.807, 2.05) is 17.5 Å². The predicted octanol–water partition coefficient (Wildman–Crippen LogP) is 2.74. The third-order valence-electron chi connectivity index (χ3n) is 2.74. The van der Waals surface area contributed by atoms with E-state index in [-0.39, 0.29) is 6.10 Å². The van der Waals surface area contributed by atoms with Gasteiger partial charge in [0.1, 0.15) is 6.10 Å². The summed E-state index contributed by atoms with van der Waals surface area (Å²) in [4.78, 5) is 1.08. The third-order valence-corrected chi connectivity index (χ3v) is 3.81. The van der Waals surface area contributed by atoms with E-state index < -0.39 is 0 Å². The van der Waals surface area contributed by atoms with E-state index in [0.717, 1.165) is 30.2 Å². The minimum atomic E-state index is -0.00145. The molecule has 0 saturated carbocycles. The van der Waals surface area contributed by atoms with Crippen molar-refractivity contribution >= 4 is 29.8 Å². The number of hydrogen-bond acceptors (Lipinski definition) is 5. The largest absolute Gasteiger partial charge is 0.370 e. The van der Waals surface area contributed by atoms with E-state index in [0.29, 0.717) is 4.77 Å². The van der Waals surface area contributed by atoms with Crippen LogP contribution >= 0.6 is 23.6 Å². The maximum Gasteiger partial charge on any atom is 0.216 e. The van der Waals surface area contributed by atoms with E-state index in [9.17, 15) is 0 Å². The van der Waals surface area contributed by atoms with Crippen molar-refractivity contribution in [3.63, 3.8) is 0 Å². The van der Waals surface area contributed by atoms with Gasteiger partial charge in [0.05, 0.1) is 6.21 Å². The molecule has 0 bridgehead atoms. The molecule has 2 aromatic rings. The Balaban J connectivity index is 1.91. The Hall–Kier alpha value is -1.31. The normalized spacial score (nSPS) is 19.9. The molecule has 1 aliphatic rings. The summed E-state index contributed by atoms with van der Waals surface area (Å²) in [5.74, 6) is 0.755. The zero-order valence-corrected chi connectivity index (χ0v) is 11.2. The SMILES string of the molecule is S=c1[nH]nc([C@H]2CCCO2)n1/N=C\c1cccs1. The van der Waals surface area contributed by atoms with Crippen LogP contribution in [-0.4, -0.2) is 27.7 Å². The van der Waals surface area contributed by atoms with Gasteiger partial charge < -0.3 is 4.74 Å². The molecule has 0 radical (unpaired) electrons. The fourth-order valence-electron chi connectivity index (χ4n) is 1.88. The highest BCUT2D eigenvalue weighted by Crippen LogP contribution is 2.26. The first-order valence-electron chi connectivity index (χ1n) is 5.71. The molecule has 0 spiro atoms. The molecular formula is C11H12N4OS2. The quantitative estimate of drug-likeness (QED) is 0.695. The molecule has 3 heterocycles. The first-order valence-corrected chi connectivity index (χ1v) is 7.00. The number of ether oxygens (including phenoxy) is 1. The van der Waals surface area contributed by atoms with Crippen molar-refractivity contribution in [2.24, 2.45) is 5.10 Å². The van der Waals surface area contributed by atoms with Gasteiger partial charge in [0.15, 0.2) is 5.82 Å². The van der Waals surface area contributed by atoms with E-state index >= 15 is 0 Å². The number of thiophene rings is 1. The Bertz CT molecular complexity index is 593. The van der Waals surface area contributed by atoms with Gasteiger partial charge >= 0.3 is 0 Å². The summed E-state index contributed by atoms with van der Waals surface area (Å²) in [5, 5.41) is 13.4. The molecule has 3 rings (SSSR count). The lowest BCUT2D eigenvalue weighted by Gasteiger charge is -2.06. The average Bonchev–Trinajstić information content (AvgIpc) is 3.08. The lowest BCUT2D eigenvalue weighted by Crippen LogP contribution is -2.05. The van der Waals surface area contributed by atoms with Crippen LogP contribution in [0.15, 0.2) is 22.6 Å². The molecule has 1 aliphatic heterocycles. The molecule has 94 valence electrons. The first kappa shape index (κ1) is 11.8. The fraction of sp³-hybridized carbons (Fsp3) is 0.364. The molecule has 2 aromatic heterocycles. The molecule has 1 saturated heterocycles. The van der Waals surface area contributed by atoms with Gasteiger partial charge in [-0.3, -0.25) is 5.10 Å². The van der Waals surface area contributed by atoms with Crippen LogP contribution in [0.1, 0.15) is 29.6 Å². The lowest BCUT2D eigenvalue weighted by molar-refractivity contribution is 0.102. The van der Waals surface area contributed by atoms with Crippen molar-refractivity contribution in [3.8, 4) is 0 Å². The van der Waals surface area contributed by atoms with Crippen molar-refractivity contribution in [1.29, 1.82) is 0 Å². The smallest absolute Gasteiger partial charge is 0.216 e. The van der Waals surface area contributed by atoms with Gasteiger partial charge in [0.25, 0.3) is 0 Å². The second-order valence-corrected chi connectivity index (χ2v) is 5.33. The summed E-state index contributed by atoms with van der Waals surface area (Å²) < 4.78 is 7.75. The van der Waals surface area contributed by atoms with Crippen molar-refractivity contribution < 1.29 is 4.74 Å². The summed E-state index contributed by atoms with van der Waals surface area (Å²) in [6.07, 6.45) is 3.81. The summed E-state index contributed by atoms with van der Waals surface area (Å²) >= 11 is 6.81. The summed E-state index contributed by atoms with van der Waals surface area (Å²) in [5.41, 5.74) is 0. The first-order chi connectivity index (χ1) is 8.84. The van der Waals surface area contributed by atoms with Gasteiger partial charge in [0, 0.05) is 11.5 Å². The zero-order valence-electron chi connectivity index (χ0n) is 9.57. The van der Waals surface area contributed by atoms with E-state index in [2.05, 4.69) is 15.3 Å². The molecule has 1 atom stereocenters. The second-order valence-electron chi connectivity index (χ2n) is 3.96. The van der Waals surface area contributed by atoms with Gasteiger partial charge in [-0.1, -0.05) is 6.07 Å². The van der Waals surface area contributed by atoms with Gasteiger partial charge in [-0.05, 0) is 36.5 Å². The molecule has 0 amide bonds. The van der Waals surface area contributed by atoms with E-state index in [1.54, 1.807) is 22.2 Å². The molecule has 0 aliphatic carbocycles. The summed E-state index contributed by atoms with van der Waals surface area (Å²) in [7, 11) is 0. The molecule has 18 heavy (non-hydrogen) atoms. The van der Waals surface area contributed by atoms with Crippen LogP contribution in [0, 0.1) is 4.77 Å². The van der Waals surface area contributed by atoms with E-state index in [1.165, 1.54) is 0 Å². The molecule has 1 N–H and O–H groups in total. The van der Waals surface area contributed by atoms with Crippen molar-refractivity contribution in [3.05, 3.63) is 33.0 Å². The maximum atomic E-state index is 5.61. The molecule has 0 aromatic carbocycles. The highest BCUT2D eigenvalue weighted by Gasteiger charge is 2.23. The number of nitrogens with zero attached hydrogens (tertiary/aromatic N) is 3. The van der Waals surface area contributed by atoms with Crippen molar-refractivity contribution in [2.75, 3.05) is 6.61 Å². The Morgan fingerprint density at radius 2 is 2.61 bits per heavy atom. The van der Waals surface area contributed by atoms with Gasteiger partial charge in [-0.25, -0.2) is 0 Å².